The summed E-state index contributed by atoms with van der Waals surface area (Å²) in [7, 11) is 4.48. The predicted octanol–water partition coefficient (Wildman–Crippen LogP) is 1.90. The molecule has 1 aliphatic rings. The number of anilines is 1. The number of amides is 2. The van der Waals surface area contributed by atoms with Crippen molar-refractivity contribution in [3.63, 3.8) is 0 Å². The van der Waals surface area contributed by atoms with Crippen LogP contribution in [-0.4, -0.2) is 43.8 Å². The van der Waals surface area contributed by atoms with Gasteiger partial charge in [0.2, 0.25) is 5.91 Å². The third-order valence-corrected chi connectivity index (χ3v) is 3.49. The second-order valence-electron chi connectivity index (χ2n) is 4.61. The minimum Gasteiger partial charge on any atom is -0.495 e. The van der Waals surface area contributed by atoms with E-state index in [4.69, 9.17) is 21.1 Å². The molecule has 0 aliphatic carbocycles. The molecular formula is C14H16ClN3O4. The van der Waals surface area contributed by atoms with E-state index >= 15 is 0 Å². The summed E-state index contributed by atoms with van der Waals surface area (Å²) in [6.07, 6.45) is 0.546. The quantitative estimate of drug-likeness (QED) is 0.917. The summed E-state index contributed by atoms with van der Waals surface area (Å²) < 4.78 is 10.3. The minimum absolute atomic E-state index is 0.123. The Morgan fingerprint density at radius 2 is 1.95 bits per heavy atom. The van der Waals surface area contributed by atoms with Crippen molar-refractivity contribution in [3.05, 3.63) is 17.2 Å². The molecule has 0 aromatic heterocycles. The number of hydrazone groups is 1. The average Bonchev–Trinajstić information content (AvgIpc) is 2.50. The zero-order chi connectivity index (χ0) is 16.3. The van der Waals surface area contributed by atoms with Crippen molar-refractivity contribution < 1.29 is 19.1 Å². The molecule has 118 valence electrons. The molecule has 22 heavy (non-hydrogen) atoms. The molecule has 0 fully saturated rings. The summed E-state index contributed by atoms with van der Waals surface area (Å²) in [4.78, 5) is 23.6. The molecule has 0 saturated carbocycles. The molecule has 1 N–H and O–H groups in total. The van der Waals surface area contributed by atoms with Gasteiger partial charge in [0.05, 0.1) is 24.9 Å². The van der Waals surface area contributed by atoms with E-state index in [0.29, 0.717) is 28.6 Å². The van der Waals surface area contributed by atoms with Gasteiger partial charge in [-0.2, -0.15) is 5.10 Å². The van der Waals surface area contributed by atoms with Crippen molar-refractivity contribution in [3.8, 4) is 11.5 Å². The number of hydrogen-bond donors (Lipinski definition) is 1. The summed E-state index contributed by atoms with van der Waals surface area (Å²) in [6, 6.07) is 3.12. The summed E-state index contributed by atoms with van der Waals surface area (Å²) in [5.74, 6) is 0.327. The topological polar surface area (TPSA) is 80.2 Å². The number of ether oxygens (including phenoxy) is 2. The van der Waals surface area contributed by atoms with Gasteiger partial charge in [0, 0.05) is 26.0 Å². The molecule has 0 radical (unpaired) electrons. The van der Waals surface area contributed by atoms with Gasteiger partial charge in [-0.15, -0.1) is 0 Å². The van der Waals surface area contributed by atoms with Crippen LogP contribution in [0.5, 0.6) is 11.5 Å². The molecule has 1 heterocycles. The largest absolute Gasteiger partial charge is 0.495 e. The number of benzene rings is 1. The fourth-order valence-corrected chi connectivity index (χ4v) is 2.23. The van der Waals surface area contributed by atoms with Gasteiger partial charge in [0.15, 0.2) is 0 Å². The Morgan fingerprint density at radius 3 is 2.55 bits per heavy atom. The molecule has 0 atom stereocenters. The Labute approximate surface area is 132 Å². The molecule has 0 bridgehead atoms. The fourth-order valence-electron chi connectivity index (χ4n) is 1.99. The zero-order valence-electron chi connectivity index (χ0n) is 12.5. The van der Waals surface area contributed by atoms with Crippen LogP contribution >= 0.6 is 11.6 Å². The first-order chi connectivity index (χ1) is 10.5. The second kappa shape index (κ2) is 6.65. The number of hydrogen-bond acceptors (Lipinski definition) is 5. The molecule has 2 amide bonds. The van der Waals surface area contributed by atoms with E-state index < -0.39 is 5.91 Å². The Balaban J connectivity index is 2.23. The Hall–Kier alpha value is -2.28. The second-order valence-corrected chi connectivity index (χ2v) is 5.01. The Morgan fingerprint density at radius 1 is 1.27 bits per heavy atom. The van der Waals surface area contributed by atoms with Crippen LogP contribution in [0, 0.1) is 0 Å². The lowest BCUT2D eigenvalue weighted by atomic mass is 10.1. The summed E-state index contributed by atoms with van der Waals surface area (Å²) in [5, 5.41) is 8.15. The summed E-state index contributed by atoms with van der Waals surface area (Å²) in [5.41, 5.74) is 0.677. The summed E-state index contributed by atoms with van der Waals surface area (Å²) >= 11 is 6.06. The van der Waals surface area contributed by atoms with Gasteiger partial charge in [-0.1, -0.05) is 11.6 Å². The molecular weight excluding hydrogens is 310 g/mol. The number of rotatable bonds is 4. The molecule has 7 nitrogen and oxygen atoms in total. The van der Waals surface area contributed by atoms with Gasteiger partial charge < -0.3 is 14.8 Å². The van der Waals surface area contributed by atoms with Gasteiger partial charge in [-0.05, 0) is 6.07 Å². The van der Waals surface area contributed by atoms with Crippen molar-refractivity contribution in [1.82, 2.24) is 5.01 Å². The highest BCUT2D eigenvalue weighted by molar-refractivity contribution is 6.44. The molecule has 0 saturated heterocycles. The van der Waals surface area contributed by atoms with E-state index in [0.717, 1.165) is 5.01 Å². The molecule has 0 spiro atoms. The van der Waals surface area contributed by atoms with Crippen LogP contribution in [0.4, 0.5) is 5.69 Å². The third-order valence-electron chi connectivity index (χ3n) is 3.19. The van der Waals surface area contributed by atoms with Gasteiger partial charge in [-0.3, -0.25) is 9.59 Å². The maximum Gasteiger partial charge on any atom is 0.271 e. The molecule has 2 rings (SSSR count). The number of carbonyl (C=O) groups excluding carboxylic acids is 2. The van der Waals surface area contributed by atoms with Crippen molar-refractivity contribution in [1.29, 1.82) is 0 Å². The van der Waals surface area contributed by atoms with Crippen LogP contribution in [0.25, 0.3) is 0 Å². The van der Waals surface area contributed by atoms with Crippen LogP contribution in [0.15, 0.2) is 17.2 Å². The number of halogens is 1. The average molecular weight is 326 g/mol. The lowest BCUT2D eigenvalue weighted by Crippen LogP contribution is -2.34. The van der Waals surface area contributed by atoms with Gasteiger partial charge in [-0.25, -0.2) is 5.01 Å². The molecule has 1 aromatic rings. The van der Waals surface area contributed by atoms with E-state index in [-0.39, 0.29) is 18.0 Å². The van der Waals surface area contributed by atoms with Crippen molar-refractivity contribution in [2.24, 2.45) is 5.10 Å². The first kappa shape index (κ1) is 16.1. The maximum atomic E-state index is 12.2. The Bertz CT molecular complexity index is 645. The van der Waals surface area contributed by atoms with E-state index in [9.17, 15) is 9.59 Å². The maximum absolute atomic E-state index is 12.2. The fraction of sp³-hybridized carbons (Fsp3) is 0.357. The first-order valence-corrected chi connectivity index (χ1v) is 6.91. The van der Waals surface area contributed by atoms with Crippen molar-refractivity contribution >= 4 is 34.8 Å². The monoisotopic (exact) mass is 325 g/mol. The normalized spacial score (nSPS) is 14.5. The number of methoxy groups -OCH3 is 2. The lowest BCUT2D eigenvalue weighted by molar-refractivity contribution is -0.130. The van der Waals surface area contributed by atoms with Gasteiger partial charge >= 0.3 is 0 Å². The molecule has 1 aromatic carbocycles. The van der Waals surface area contributed by atoms with Crippen LogP contribution in [0.2, 0.25) is 5.02 Å². The van der Waals surface area contributed by atoms with Crippen molar-refractivity contribution in [2.45, 2.75) is 12.8 Å². The van der Waals surface area contributed by atoms with Crippen LogP contribution in [-0.2, 0) is 9.59 Å². The first-order valence-electron chi connectivity index (χ1n) is 6.53. The predicted molar refractivity (Wildman–Crippen MR) is 82.6 cm³/mol. The summed E-state index contributed by atoms with van der Waals surface area (Å²) in [6.45, 7) is 0. The standard InChI is InChI=1S/C14H16ClN3O4/c1-18-13(19)5-4-9(17-18)14(20)16-10-6-8(15)11(21-2)7-12(10)22-3/h6-7H,4-5H2,1-3H3,(H,16,20). The molecule has 8 heteroatoms. The SMILES string of the molecule is COc1cc(OC)c(NC(=O)C2=NN(C)C(=O)CC2)cc1Cl. The molecule has 0 unspecified atom stereocenters. The van der Waals surface area contributed by atoms with E-state index in [1.807, 2.05) is 0 Å². The zero-order valence-corrected chi connectivity index (χ0v) is 13.2. The van der Waals surface area contributed by atoms with Gasteiger partial charge in [0.1, 0.15) is 17.2 Å². The van der Waals surface area contributed by atoms with Crippen LogP contribution in [0.1, 0.15) is 12.8 Å². The molecule has 1 aliphatic heterocycles. The lowest BCUT2D eigenvalue weighted by Gasteiger charge is -2.19. The number of nitrogens with zero attached hydrogens (tertiary/aromatic N) is 2. The van der Waals surface area contributed by atoms with E-state index in [1.54, 1.807) is 6.07 Å². The highest BCUT2D eigenvalue weighted by Crippen LogP contribution is 2.35. The smallest absolute Gasteiger partial charge is 0.271 e. The van der Waals surface area contributed by atoms with Gasteiger partial charge in [0.25, 0.3) is 5.91 Å². The Kier molecular flexibility index (Phi) is 4.87. The van der Waals surface area contributed by atoms with E-state index in [1.165, 1.54) is 27.3 Å². The minimum atomic E-state index is -0.404. The highest BCUT2D eigenvalue weighted by Gasteiger charge is 2.23. The van der Waals surface area contributed by atoms with Crippen LogP contribution < -0.4 is 14.8 Å². The number of nitrogens with one attached hydrogen (secondary N) is 1. The van der Waals surface area contributed by atoms with Crippen LogP contribution in [0.3, 0.4) is 0 Å². The number of carbonyl (C=O) groups is 2. The highest BCUT2D eigenvalue weighted by atomic mass is 35.5. The van der Waals surface area contributed by atoms with E-state index in [2.05, 4.69) is 10.4 Å². The third kappa shape index (κ3) is 3.30. The van der Waals surface area contributed by atoms with Crippen molar-refractivity contribution in [2.75, 3.05) is 26.6 Å².